The Kier molecular flexibility index (Phi) is 5.62. The van der Waals surface area contributed by atoms with Crippen LogP contribution in [0.2, 0.25) is 0 Å². The maximum absolute atomic E-state index is 12.8. The van der Waals surface area contributed by atoms with Crippen LogP contribution >= 0.6 is 0 Å². The van der Waals surface area contributed by atoms with E-state index in [9.17, 15) is 18.0 Å². The van der Waals surface area contributed by atoms with E-state index in [1.54, 1.807) is 12.1 Å². The molecule has 0 saturated carbocycles. The van der Waals surface area contributed by atoms with Crippen LogP contribution in [-0.2, 0) is 21.2 Å². The monoisotopic (exact) mass is 399 g/mol. The fraction of sp³-hybridized carbons (Fsp3) is 0.200. The SMILES string of the molecule is CCc1cccc(NC(=O)CN(C)S(=O)(=O)c2ccc3[nH]c(=O)ccc3c2)c1. The molecule has 28 heavy (non-hydrogen) atoms. The van der Waals surface area contributed by atoms with Gasteiger partial charge in [0.25, 0.3) is 0 Å². The van der Waals surface area contributed by atoms with Crippen molar-refractivity contribution < 1.29 is 13.2 Å². The molecule has 7 nitrogen and oxygen atoms in total. The number of rotatable bonds is 6. The molecule has 1 heterocycles. The summed E-state index contributed by atoms with van der Waals surface area (Å²) in [5, 5.41) is 3.31. The maximum atomic E-state index is 12.8. The summed E-state index contributed by atoms with van der Waals surface area (Å²) in [6.45, 7) is 1.70. The lowest BCUT2D eigenvalue weighted by Crippen LogP contribution is -2.35. The highest BCUT2D eigenvalue weighted by atomic mass is 32.2. The van der Waals surface area contributed by atoms with Crippen LogP contribution in [0.15, 0.2) is 64.3 Å². The van der Waals surface area contributed by atoms with Crippen molar-refractivity contribution in [2.45, 2.75) is 18.2 Å². The van der Waals surface area contributed by atoms with Crippen molar-refractivity contribution in [2.24, 2.45) is 0 Å². The zero-order valence-corrected chi connectivity index (χ0v) is 16.4. The molecule has 1 amide bonds. The number of hydrogen-bond donors (Lipinski definition) is 2. The molecule has 0 spiro atoms. The summed E-state index contributed by atoms with van der Waals surface area (Å²) in [7, 11) is -2.50. The number of H-pyrrole nitrogens is 1. The minimum Gasteiger partial charge on any atom is -0.325 e. The highest BCUT2D eigenvalue weighted by Crippen LogP contribution is 2.19. The van der Waals surface area contributed by atoms with Crippen molar-refractivity contribution in [3.8, 4) is 0 Å². The number of aromatic amines is 1. The Morgan fingerprint density at radius 1 is 1.11 bits per heavy atom. The number of sulfonamides is 1. The van der Waals surface area contributed by atoms with Gasteiger partial charge in [-0.1, -0.05) is 19.1 Å². The van der Waals surface area contributed by atoms with Gasteiger partial charge in [-0.15, -0.1) is 0 Å². The molecule has 0 fully saturated rings. The second kappa shape index (κ2) is 7.95. The molecule has 146 valence electrons. The van der Waals surface area contributed by atoms with Gasteiger partial charge in [0.2, 0.25) is 21.5 Å². The van der Waals surface area contributed by atoms with Crippen molar-refractivity contribution in [1.82, 2.24) is 9.29 Å². The number of benzene rings is 2. The first-order valence-corrected chi connectivity index (χ1v) is 10.2. The van der Waals surface area contributed by atoms with Crippen molar-refractivity contribution in [1.29, 1.82) is 0 Å². The molecule has 0 aliphatic heterocycles. The van der Waals surface area contributed by atoms with E-state index >= 15 is 0 Å². The Bertz CT molecular complexity index is 1190. The number of nitrogens with one attached hydrogen (secondary N) is 2. The third-order valence-corrected chi connectivity index (χ3v) is 6.19. The van der Waals surface area contributed by atoms with Crippen molar-refractivity contribution in [2.75, 3.05) is 18.9 Å². The Morgan fingerprint density at radius 3 is 2.64 bits per heavy atom. The van der Waals surface area contributed by atoms with Crippen LogP contribution in [0.3, 0.4) is 0 Å². The van der Waals surface area contributed by atoms with Gasteiger partial charge in [0.1, 0.15) is 0 Å². The Labute approximate surface area is 163 Å². The number of aryl methyl sites for hydroxylation is 1. The molecule has 3 rings (SSSR count). The van der Waals surface area contributed by atoms with Gasteiger partial charge in [-0.05, 0) is 53.8 Å². The number of hydrogen-bond acceptors (Lipinski definition) is 4. The van der Waals surface area contributed by atoms with Crippen LogP contribution in [0.1, 0.15) is 12.5 Å². The molecule has 2 aromatic carbocycles. The zero-order chi connectivity index (χ0) is 20.3. The van der Waals surface area contributed by atoms with Crippen LogP contribution in [0, 0.1) is 0 Å². The third kappa shape index (κ3) is 4.29. The average molecular weight is 399 g/mol. The maximum Gasteiger partial charge on any atom is 0.248 e. The molecule has 8 heteroatoms. The molecule has 0 radical (unpaired) electrons. The first-order chi connectivity index (χ1) is 13.3. The van der Waals surface area contributed by atoms with Gasteiger partial charge in [0.05, 0.1) is 11.4 Å². The van der Waals surface area contributed by atoms with Gasteiger partial charge in [0.15, 0.2) is 0 Å². The van der Waals surface area contributed by atoms with E-state index in [-0.39, 0.29) is 17.0 Å². The molecule has 3 aromatic rings. The van der Waals surface area contributed by atoms with Gasteiger partial charge in [-0.3, -0.25) is 9.59 Å². The lowest BCUT2D eigenvalue weighted by molar-refractivity contribution is -0.116. The Balaban J connectivity index is 1.76. The van der Waals surface area contributed by atoms with Crippen LogP contribution in [0.5, 0.6) is 0 Å². The lowest BCUT2D eigenvalue weighted by atomic mass is 10.1. The fourth-order valence-electron chi connectivity index (χ4n) is 2.83. The standard InChI is InChI=1S/C20H21N3O4S/c1-3-14-5-4-6-16(11-14)21-20(25)13-23(2)28(26,27)17-8-9-18-15(12-17)7-10-19(24)22-18/h4-12H,3,13H2,1-2H3,(H,21,25)(H,22,24). The quantitative estimate of drug-likeness (QED) is 0.665. The molecule has 2 N–H and O–H groups in total. The van der Waals surface area contributed by atoms with E-state index in [4.69, 9.17) is 0 Å². The lowest BCUT2D eigenvalue weighted by Gasteiger charge is -2.17. The minimum atomic E-state index is -3.86. The minimum absolute atomic E-state index is 0.0512. The molecular weight excluding hydrogens is 378 g/mol. The van der Waals surface area contributed by atoms with Crippen LogP contribution in [0.4, 0.5) is 5.69 Å². The van der Waals surface area contributed by atoms with Crippen molar-refractivity contribution >= 4 is 32.5 Å². The zero-order valence-electron chi connectivity index (χ0n) is 15.6. The van der Waals surface area contributed by atoms with Crippen LogP contribution < -0.4 is 10.9 Å². The van der Waals surface area contributed by atoms with Crippen molar-refractivity contribution in [3.63, 3.8) is 0 Å². The van der Waals surface area contributed by atoms with Gasteiger partial charge < -0.3 is 10.3 Å². The van der Waals surface area contributed by atoms with E-state index < -0.39 is 15.9 Å². The normalized spacial score (nSPS) is 11.7. The highest BCUT2D eigenvalue weighted by molar-refractivity contribution is 7.89. The van der Waals surface area contributed by atoms with Gasteiger partial charge in [-0.25, -0.2) is 8.42 Å². The summed E-state index contributed by atoms with van der Waals surface area (Å²) in [6, 6.07) is 14.7. The Hall–Kier alpha value is -2.97. The van der Waals surface area contributed by atoms with E-state index in [0.717, 1.165) is 16.3 Å². The molecular formula is C20H21N3O4S. The highest BCUT2D eigenvalue weighted by Gasteiger charge is 2.23. The summed E-state index contributed by atoms with van der Waals surface area (Å²) in [6.07, 6.45) is 0.839. The van der Waals surface area contributed by atoms with E-state index in [1.165, 1.54) is 31.3 Å². The fourth-order valence-corrected chi connectivity index (χ4v) is 3.99. The number of pyridine rings is 1. The first-order valence-electron chi connectivity index (χ1n) is 8.78. The molecule has 0 saturated heterocycles. The number of carbonyl (C=O) groups is 1. The van der Waals surface area contributed by atoms with Gasteiger partial charge in [0, 0.05) is 24.3 Å². The van der Waals surface area contributed by atoms with Gasteiger partial charge in [-0.2, -0.15) is 4.31 Å². The molecule has 0 bridgehead atoms. The number of amides is 1. The molecule has 0 unspecified atom stereocenters. The molecule has 0 atom stereocenters. The van der Waals surface area contributed by atoms with Gasteiger partial charge >= 0.3 is 0 Å². The number of carbonyl (C=O) groups excluding carboxylic acids is 1. The van der Waals surface area contributed by atoms with Crippen molar-refractivity contribution in [3.05, 3.63) is 70.5 Å². The number of likely N-dealkylation sites (N-methyl/N-ethyl adjacent to an activating group) is 1. The number of fused-ring (bicyclic) bond motifs is 1. The number of aromatic nitrogens is 1. The Morgan fingerprint density at radius 2 is 1.89 bits per heavy atom. The largest absolute Gasteiger partial charge is 0.325 e. The first kappa shape index (κ1) is 19.8. The predicted molar refractivity (Wildman–Crippen MR) is 109 cm³/mol. The molecule has 0 aliphatic rings. The second-order valence-electron chi connectivity index (χ2n) is 6.43. The van der Waals surface area contributed by atoms with Crippen LogP contribution in [-0.4, -0.2) is 37.2 Å². The average Bonchev–Trinajstić information content (AvgIpc) is 2.67. The molecule has 1 aromatic heterocycles. The third-order valence-electron chi connectivity index (χ3n) is 4.39. The summed E-state index contributed by atoms with van der Waals surface area (Å²) in [4.78, 5) is 26.3. The van der Waals surface area contributed by atoms with E-state index in [1.807, 2.05) is 25.1 Å². The topological polar surface area (TPSA) is 99.3 Å². The van der Waals surface area contributed by atoms with Crippen LogP contribution in [0.25, 0.3) is 10.9 Å². The smallest absolute Gasteiger partial charge is 0.248 e. The summed E-state index contributed by atoms with van der Waals surface area (Å²) >= 11 is 0. The van der Waals surface area contributed by atoms with E-state index in [0.29, 0.717) is 16.6 Å². The summed E-state index contributed by atoms with van der Waals surface area (Å²) < 4.78 is 26.6. The number of nitrogens with zero attached hydrogens (tertiary/aromatic N) is 1. The summed E-state index contributed by atoms with van der Waals surface area (Å²) in [5.74, 6) is -0.426. The second-order valence-corrected chi connectivity index (χ2v) is 8.48. The predicted octanol–water partition coefficient (Wildman–Crippen LogP) is 2.35. The number of anilines is 1. The molecule has 0 aliphatic carbocycles. The summed E-state index contributed by atoms with van der Waals surface area (Å²) in [5.41, 5.74) is 1.99. The van der Waals surface area contributed by atoms with E-state index in [2.05, 4.69) is 10.3 Å².